The number of anilines is 1. The van der Waals surface area contributed by atoms with Crippen molar-refractivity contribution < 1.29 is 14.3 Å². The van der Waals surface area contributed by atoms with E-state index in [1.54, 1.807) is 25.3 Å². The number of hydrogen-bond donors (Lipinski definition) is 1. The maximum absolute atomic E-state index is 12.9. The van der Waals surface area contributed by atoms with Crippen LogP contribution < -0.4 is 20.1 Å². The molecule has 6 heteroatoms. The molecule has 0 spiro atoms. The fraction of sp³-hybridized carbons (Fsp3) is 0.182. The van der Waals surface area contributed by atoms with Crippen LogP contribution in [0.25, 0.3) is 11.1 Å². The number of pyridine rings is 1. The van der Waals surface area contributed by atoms with Gasteiger partial charge in [0.15, 0.2) is 5.75 Å². The molecule has 1 aromatic heterocycles. The van der Waals surface area contributed by atoms with Crippen LogP contribution in [-0.4, -0.2) is 25.1 Å². The summed E-state index contributed by atoms with van der Waals surface area (Å²) in [5.41, 5.74) is 11.2. The van der Waals surface area contributed by atoms with Crippen molar-refractivity contribution in [3.63, 3.8) is 0 Å². The summed E-state index contributed by atoms with van der Waals surface area (Å²) >= 11 is 0. The van der Waals surface area contributed by atoms with E-state index in [9.17, 15) is 4.79 Å². The normalized spacial score (nSPS) is 12.8. The van der Waals surface area contributed by atoms with Gasteiger partial charge in [-0.3, -0.25) is 4.79 Å². The van der Waals surface area contributed by atoms with Gasteiger partial charge in [0, 0.05) is 29.6 Å². The quantitative estimate of drug-likeness (QED) is 0.740. The molecule has 0 saturated heterocycles. The predicted molar refractivity (Wildman–Crippen MR) is 108 cm³/mol. The van der Waals surface area contributed by atoms with Crippen LogP contribution in [0, 0.1) is 0 Å². The highest BCUT2D eigenvalue weighted by Gasteiger charge is 2.28. The predicted octanol–water partition coefficient (Wildman–Crippen LogP) is 3.38. The molecule has 0 bridgehead atoms. The molecule has 0 atom stereocenters. The van der Waals surface area contributed by atoms with E-state index in [0.717, 1.165) is 33.5 Å². The molecule has 0 fully saturated rings. The first-order chi connectivity index (χ1) is 13.6. The number of nitrogens with two attached hydrogens (primary N) is 1. The SMILES string of the molecule is COc1cc(-c2ccc3c(c2)CN(c2cccc(CN)c2)C3=O)cnc1OC. The van der Waals surface area contributed by atoms with E-state index >= 15 is 0 Å². The van der Waals surface area contributed by atoms with Gasteiger partial charge in [-0.25, -0.2) is 4.98 Å². The molecule has 0 aliphatic carbocycles. The number of methoxy groups -OCH3 is 2. The van der Waals surface area contributed by atoms with E-state index in [-0.39, 0.29) is 5.91 Å². The van der Waals surface area contributed by atoms with Gasteiger partial charge in [0.1, 0.15) is 0 Å². The monoisotopic (exact) mass is 375 g/mol. The van der Waals surface area contributed by atoms with Crippen molar-refractivity contribution in [3.05, 3.63) is 71.4 Å². The van der Waals surface area contributed by atoms with E-state index < -0.39 is 0 Å². The molecule has 3 aromatic rings. The largest absolute Gasteiger partial charge is 0.491 e. The second kappa shape index (κ2) is 7.32. The Morgan fingerprint density at radius 1 is 1.07 bits per heavy atom. The van der Waals surface area contributed by atoms with Gasteiger partial charge in [-0.1, -0.05) is 18.2 Å². The molecular weight excluding hydrogens is 354 g/mol. The number of ether oxygens (including phenoxy) is 2. The van der Waals surface area contributed by atoms with Gasteiger partial charge in [-0.05, 0) is 47.0 Å². The zero-order valence-electron chi connectivity index (χ0n) is 15.8. The smallest absolute Gasteiger partial charge is 0.258 e. The Morgan fingerprint density at radius 2 is 1.93 bits per heavy atom. The minimum atomic E-state index is 0.00107. The van der Waals surface area contributed by atoms with Crippen LogP contribution in [0.1, 0.15) is 21.5 Å². The number of carbonyl (C=O) groups is 1. The van der Waals surface area contributed by atoms with Gasteiger partial charge in [-0.15, -0.1) is 0 Å². The fourth-order valence-electron chi connectivity index (χ4n) is 3.45. The molecule has 28 heavy (non-hydrogen) atoms. The molecule has 1 aliphatic rings. The van der Waals surface area contributed by atoms with Gasteiger partial charge < -0.3 is 20.1 Å². The molecular formula is C22H21N3O3. The number of aromatic nitrogens is 1. The Hall–Kier alpha value is -3.38. The summed E-state index contributed by atoms with van der Waals surface area (Å²) in [6.07, 6.45) is 1.74. The summed E-state index contributed by atoms with van der Waals surface area (Å²) < 4.78 is 10.5. The lowest BCUT2D eigenvalue weighted by Gasteiger charge is -2.16. The first-order valence-electron chi connectivity index (χ1n) is 8.96. The number of rotatable bonds is 5. The van der Waals surface area contributed by atoms with Gasteiger partial charge in [-0.2, -0.15) is 0 Å². The van der Waals surface area contributed by atoms with Crippen LogP contribution in [0.15, 0.2) is 54.7 Å². The van der Waals surface area contributed by atoms with Gasteiger partial charge in [0.25, 0.3) is 11.8 Å². The standard InChI is InChI=1S/C22H21N3O3/c1-27-20-10-16(12-24-21(20)28-2)15-6-7-19-17(9-15)13-25(22(19)26)18-5-3-4-14(8-18)11-23/h3-10,12H,11,13,23H2,1-2H3. The van der Waals surface area contributed by atoms with Crippen LogP contribution >= 0.6 is 0 Å². The third-order valence-electron chi connectivity index (χ3n) is 4.93. The number of carbonyl (C=O) groups excluding carboxylic acids is 1. The maximum atomic E-state index is 12.9. The molecule has 142 valence electrons. The average Bonchev–Trinajstić information content (AvgIpc) is 3.09. The lowest BCUT2D eigenvalue weighted by Crippen LogP contribution is -2.23. The minimum absolute atomic E-state index is 0.00107. The Bertz CT molecular complexity index is 1050. The summed E-state index contributed by atoms with van der Waals surface area (Å²) in [5, 5.41) is 0. The van der Waals surface area contributed by atoms with Crippen LogP contribution in [0.5, 0.6) is 11.6 Å². The molecule has 4 rings (SSSR count). The highest BCUT2D eigenvalue weighted by molar-refractivity contribution is 6.10. The molecule has 0 saturated carbocycles. The lowest BCUT2D eigenvalue weighted by atomic mass is 10.0. The Morgan fingerprint density at radius 3 is 2.68 bits per heavy atom. The number of hydrogen-bond acceptors (Lipinski definition) is 5. The average molecular weight is 375 g/mol. The minimum Gasteiger partial charge on any atom is -0.491 e. The van der Waals surface area contributed by atoms with Crippen LogP contribution in [0.2, 0.25) is 0 Å². The Kier molecular flexibility index (Phi) is 4.71. The van der Waals surface area contributed by atoms with Crippen molar-refractivity contribution in [2.75, 3.05) is 19.1 Å². The number of nitrogens with zero attached hydrogens (tertiary/aromatic N) is 2. The van der Waals surface area contributed by atoms with Crippen molar-refractivity contribution in [2.24, 2.45) is 5.73 Å². The highest BCUT2D eigenvalue weighted by Crippen LogP contribution is 2.34. The van der Waals surface area contributed by atoms with Crippen LogP contribution in [0.4, 0.5) is 5.69 Å². The van der Waals surface area contributed by atoms with E-state index in [0.29, 0.717) is 24.7 Å². The summed E-state index contributed by atoms with van der Waals surface area (Å²) in [5.74, 6) is 1.01. The summed E-state index contributed by atoms with van der Waals surface area (Å²) in [4.78, 5) is 19.0. The first-order valence-corrected chi connectivity index (χ1v) is 8.96. The van der Waals surface area contributed by atoms with Gasteiger partial charge in [0.2, 0.25) is 0 Å². The van der Waals surface area contributed by atoms with Crippen molar-refractivity contribution in [1.82, 2.24) is 4.98 Å². The molecule has 0 radical (unpaired) electrons. The van der Waals surface area contributed by atoms with E-state index in [2.05, 4.69) is 4.98 Å². The second-order valence-corrected chi connectivity index (χ2v) is 6.57. The van der Waals surface area contributed by atoms with Gasteiger partial charge in [0.05, 0.1) is 20.8 Å². The molecule has 0 unspecified atom stereocenters. The number of benzene rings is 2. The third kappa shape index (κ3) is 3.08. The van der Waals surface area contributed by atoms with Crippen LogP contribution in [-0.2, 0) is 13.1 Å². The second-order valence-electron chi connectivity index (χ2n) is 6.57. The van der Waals surface area contributed by atoms with Crippen molar-refractivity contribution in [1.29, 1.82) is 0 Å². The summed E-state index contributed by atoms with van der Waals surface area (Å²) in [6, 6.07) is 15.5. The van der Waals surface area contributed by atoms with Crippen molar-refractivity contribution in [2.45, 2.75) is 13.1 Å². The Labute approximate surface area is 163 Å². The van der Waals surface area contributed by atoms with E-state index in [1.165, 1.54) is 0 Å². The van der Waals surface area contributed by atoms with Crippen LogP contribution in [0.3, 0.4) is 0 Å². The summed E-state index contributed by atoms with van der Waals surface area (Å²) in [7, 11) is 3.14. The van der Waals surface area contributed by atoms with Gasteiger partial charge >= 0.3 is 0 Å². The third-order valence-corrected chi connectivity index (χ3v) is 4.93. The molecule has 2 heterocycles. The van der Waals surface area contributed by atoms with E-state index in [4.69, 9.17) is 15.2 Å². The summed E-state index contributed by atoms with van der Waals surface area (Å²) in [6.45, 7) is 0.968. The topological polar surface area (TPSA) is 77.7 Å². The highest BCUT2D eigenvalue weighted by atomic mass is 16.5. The fourth-order valence-corrected chi connectivity index (χ4v) is 3.45. The van der Waals surface area contributed by atoms with Crippen molar-refractivity contribution >= 4 is 11.6 Å². The molecule has 2 aromatic carbocycles. The zero-order chi connectivity index (χ0) is 19.7. The number of fused-ring (bicyclic) bond motifs is 1. The first kappa shape index (κ1) is 18.0. The molecule has 1 aliphatic heterocycles. The zero-order valence-corrected chi connectivity index (χ0v) is 15.8. The number of amides is 1. The van der Waals surface area contributed by atoms with E-state index in [1.807, 2.05) is 48.5 Å². The molecule has 2 N–H and O–H groups in total. The van der Waals surface area contributed by atoms with Crippen molar-refractivity contribution in [3.8, 4) is 22.8 Å². The lowest BCUT2D eigenvalue weighted by molar-refractivity contribution is 0.0996. The maximum Gasteiger partial charge on any atom is 0.258 e. The molecule has 6 nitrogen and oxygen atoms in total. The Balaban J connectivity index is 1.67. The molecule has 1 amide bonds.